The lowest BCUT2D eigenvalue weighted by Gasteiger charge is -2.36. The van der Waals surface area contributed by atoms with Gasteiger partial charge in [0, 0.05) is 51.7 Å². The number of benzene rings is 1. The first kappa shape index (κ1) is 19.2. The van der Waals surface area contributed by atoms with Gasteiger partial charge in [-0.05, 0) is 30.5 Å². The van der Waals surface area contributed by atoms with Crippen LogP contribution in [0.1, 0.15) is 18.1 Å². The number of carbonyl (C=O) groups excluding carboxylic acids is 2. The van der Waals surface area contributed by atoms with Crippen LogP contribution in [0.4, 0.5) is 10.7 Å². The van der Waals surface area contributed by atoms with E-state index >= 15 is 0 Å². The highest BCUT2D eigenvalue weighted by atomic mass is 16.2. The molecule has 1 fully saturated rings. The van der Waals surface area contributed by atoms with Crippen molar-refractivity contribution in [2.75, 3.05) is 37.6 Å². The Morgan fingerprint density at radius 3 is 2.34 bits per heavy atom. The van der Waals surface area contributed by atoms with Crippen LogP contribution >= 0.6 is 0 Å². The molecule has 1 aromatic carbocycles. The van der Waals surface area contributed by atoms with Crippen LogP contribution < -0.4 is 10.2 Å². The Morgan fingerprint density at radius 1 is 0.931 bits per heavy atom. The molecular formula is C21H26N6O2. The largest absolute Gasteiger partial charge is 0.337 e. The molecule has 1 aromatic heterocycles. The molecule has 2 aliphatic rings. The number of carbonyl (C=O) groups is 2. The first-order valence-electron chi connectivity index (χ1n) is 10.0. The van der Waals surface area contributed by atoms with Crippen molar-refractivity contribution >= 4 is 17.9 Å². The van der Waals surface area contributed by atoms with Gasteiger partial charge in [0.1, 0.15) is 6.04 Å². The SMILES string of the molecule is C[C@@H](NC(=O)N1CCN(c2ncccn2)CC1)C(=O)N1CCc2ccccc2C1. The van der Waals surface area contributed by atoms with Gasteiger partial charge in [-0.3, -0.25) is 4.79 Å². The van der Waals surface area contributed by atoms with E-state index in [0.717, 1.165) is 6.42 Å². The zero-order valence-electron chi connectivity index (χ0n) is 16.6. The topological polar surface area (TPSA) is 81.7 Å². The predicted molar refractivity (Wildman–Crippen MR) is 109 cm³/mol. The van der Waals surface area contributed by atoms with E-state index in [0.29, 0.717) is 45.2 Å². The van der Waals surface area contributed by atoms with E-state index in [4.69, 9.17) is 0 Å². The van der Waals surface area contributed by atoms with E-state index in [-0.39, 0.29) is 11.9 Å². The van der Waals surface area contributed by atoms with Crippen molar-refractivity contribution in [3.8, 4) is 0 Å². The summed E-state index contributed by atoms with van der Waals surface area (Å²) in [4.78, 5) is 39.6. The maximum Gasteiger partial charge on any atom is 0.318 e. The number of fused-ring (bicyclic) bond motifs is 1. The van der Waals surface area contributed by atoms with Gasteiger partial charge in [0.2, 0.25) is 11.9 Å². The van der Waals surface area contributed by atoms with Gasteiger partial charge in [0.05, 0.1) is 0 Å². The second-order valence-corrected chi connectivity index (χ2v) is 7.47. The van der Waals surface area contributed by atoms with Crippen LogP contribution in [0.15, 0.2) is 42.7 Å². The molecule has 1 saturated heterocycles. The third-order valence-electron chi connectivity index (χ3n) is 5.55. The van der Waals surface area contributed by atoms with Crippen LogP contribution in [0.25, 0.3) is 0 Å². The summed E-state index contributed by atoms with van der Waals surface area (Å²) in [5.74, 6) is 0.644. The first-order chi connectivity index (χ1) is 14.1. The molecule has 8 heteroatoms. The normalized spacial score (nSPS) is 17.5. The van der Waals surface area contributed by atoms with Gasteiger partial charge < -0.3 is 20.0 Å². The van der Waals surface area contributed by atoms with Crippen LogP contribution in [-0.4, -0.2) is 70.5 Å². The Labute approximate surface area is 170 Å². The standard InChI is InChI=1S/C21H26N6O2/c1-16(19(28)27-10-7-17-5-2-3-6-18(17)15-27)24-21(29)26-13-11-25(12-14-26)20-22-8-4-9-23-20/h2-6,8-9,16H,7,10-15H2,1H3,(H,24,29)/t16-/m1/s1. The zero-order valence-corrected chi connectivity index (χ0v) is 16.6. The molecule has 3 heterocycles. The van der Waals surface area contributed by atoms with Gasteiger partial charge in [0.25, 0.3) is 0 Å². The van der Waals surface area contributed by atoms with Crippen molar-refractivity contribution in [1.29, 1.82) is 0 Å². The van der Waals surface area contributed by atoms with Crippen molar-refractivity contribution in [2.45, 2.75) is 25.9 Å². The maximum atomic E-state index is 12.8. The quantitative estimate of drug-likeness (QED) is 0.848. The lowest BCUT2D eigenvalue weighted by Crippen LogP contribution is -2.56. The van der Waals surface area contributed by atoms with E-state index in [9.17, 15) is 9.59 Å². The average Bonchev–Trinajstić information content (AvgIpc) is 2.79. The number of urea groups is 1. The smallest absolute Gasteiger partial charge is 0.318 e. The van der Waals surface area contributed by atoms with Gasteiger partial charge >= 0.3 is 6.03 Å². The molecule has 0 aliphatic carbocycles. The Balaban J connectivity index is 1.28. The Morgan fingerprint density at radius 2 is 1.62 bits per heavy atom. The zero-order chi connectivity index (χ0) is 20.2. The summed E-state index contributed by atoms with van der Waals surface area (Å²) in [6.45, 7) is 5.53. The third-order valence-corrected chi connectivity index (χ3v) is 5.55. The summed E-state index contributed by atoms with van der Waals surface area (Å²) in [5.41, 5.74) is 2.48. The molecule has 3 amide bonds. The van der Waals surface area contributed by atoms with Crippen molar-refractivity contribution in [3.63, 3.8) is 0 Å². The van der Waals surface area contributed by atoms with Crippen LogP contribution in [-0.2, 0) is 17.8 Å². The Bertz CT molecular complexity index is 866. The lowest BCUT2D eigenvalue weighted by atomic mass is 9.99. The monoisotopic (exact) mass is 394 g/mol. The maximum absolute atomic E-state index is 12.8. The van der Waals surface area contributed by atoms with Crippen molar-refractivity contribution in [3.05, 3.63) is 53.9 Å². The summed E-state index contributed by atoms with van der Waals surface area (Å²) in [6, 6.07) is 9.24. The van der Waals surface area contributed by atoms with E-state index in [1.807, 2.05) is 17.0 Å². The number of amides is 3. The summed E-state index contributed by atoms with van der Waals surface area (Å²) in [5, 5.41) is 2.87. The molecule has 8 nitrogen and oxygen atoms in total. The molecular weight excluding hydrogens is 368 g/mol. The molecule has 0 unspecified atom stereocenters. The van der Waals surface area contributed by atoms with Gasteiger partial charge in [-0.25, -0.2) is 14.8 Å². The molecule has 1 atom stereocenters. The summed E-state index contributed by atoms with van der Waals surface area (Å²) < 4.78 is 0. The Kier molecular flexibility index (Phi) is 5.59. The molecule has 0 spiro atoms. The van der Waals surface area contributed by atoms with Crippen LogP contribution in [0.5, 0.6) is 0 Å². The molecule has 0 saturated carbocycles. The molecule has 1 N–H and O–H groups in total. The summed E-state index contributed by atoms with van der Waals surface area (Å²) in [7, 11) is 0. The summed E-state index contributed by atoms with van der Waals surface area (Å²) >= 11 is 0. The number of nitrogens with zero attached hydrogens (tertiary/aromatic N) is 5. The van der Waals surface area contributed by atoms with Gasteiger partial charge in [0.15, 0.2) is 0 Å². The van der Waals surface area contributed by atoms with Crippen molar-refractivity contribution in [2.24, 2.45) is 0 Å². The fourth-order valence-corrected chi connectivity index (χ4v) is 3.86. The van der Waals surface area contributed by atoms with Gasteiger partial charge in [-0.1, -0.05) is 24.3 Å². The first-order valence-corrected chi connectivity index (χ1v) is 10.0. The average molecular weight is 394 g/mol. The van der Waals surface area contributed by atoms with Crippen molar-refractivity contribution in [1.82, 2.24) is 25.1 Å². The number of rotatable bonds is 3. The highest BCUT2D eigenvalue weighted by molar-refractivity contribution is 5.87. The molecule has 29 heavy (non-hydrogen) atoms. The minimum atomic E-state index is -0.553. The second kappa shape index (κ2) is 8.46. The van der Waals surface area contributed by atoms with E-state index in [1.54, 1.807) is 30.3 Å². The van der Waals surface area contributed by atoms with E-state index in [1.165, 1.54) is 11.1 Å². The van der Waals surface area contributed by atoms with Gasteiger partial charge in [-0.15, -0.1) is 0 Å². The Hall–Kier alpha value is -3.16. The molecule has 2 aromatic rings. The molecule has 4 rings (SSSR count). The van der Waals surface area contributed by atoms with E-state index < -0.39 is 6.04 Å². The molecule has 2 aliphatic heterocycles. The van der Waals surface area contributed by atoms with E-state index in [2.05, 4.69) is 32.3 Å². The fraction of sp³-hybridized carbons (Fsp3) is 0.429. The molecule has 0 radical (unpaired) electrons. The molecule has 0 bridgehead atoms. The van der Waals surface area contributed by atoms with Crippen LogP contribution in [0.3, 0.4) is 0 Å². The summed E-state index contributed by atoms with van der Waals surface area (Å²) in [6.07, 6.45) is 4.29. The van der Waals surface area contributed by atoms with Gasteiger partial charge in [-0.2, -0.15) is 0 Å². The second-order valence-electron chi connectivity index (χ2n) is 7.47. The number of piperazine rings is 1. The highest BCUT2D eigenvalue weighted by Crippen LogP contribution is 2.19. The lowest BCUT2D eigenvalue weighted by molar-refractivity contribution is -0.133. The molecule has 152 valence electrons. The highest BCUT2D eigenvalue weighted by Gasteiger charge is 2.28. The number of hydrogen-bond donors (Lipinski definition) is 1. The van der Waals surface area contributed by atoms with Crippen LogP contribution in [0, 0.1) is 0 Å². The number of aromatic nitrogens is 2. The minimum Gasteiger partial charge on any atom is -0.337 e. The minimum absolute atomic E-state index is 0.0378. The van der Waals surface area contributed by atoms with Crippen LogP contribution in [0.2, 0.25) is 0 Å². The van der Waals surface area contributed by atoms with Crippen molar-refractivity contribution < 1.29 is 9.59 Å². The number of hydrogen-bond acceptors (Lipinski definition) is 5. The number of nitrogens with one attached hydrogen (secondary N) is 1. The third kappa shape index (κ3) is 4.31. The predicted octanol–water partition coefficient (Wildman–Crippen LogP) is 1.28. The number of anilines is 1. The fourth-order valence-electron chi connectivity index (χ4n) is 3.86.